The van der Waals surface area contributed by atoms with Gasteiger partial charge in [0, 0.05) is 0 Å². The number of para-hydroxylation sites is 1. The number of rotatable bonds is 3. The molecular weight excluding hydrogens is 310 g/mol. The van der Waals surface area contributed by atoms with Crippen molar-refractivity contribution in [1.82, 2.24) is 0 Å². The van der Waals surface area contributed by atoms with Gasteiger partial charge in [0.15, 0.2) is 0 Å². The van der Waals surface area contributed by atoms with Gasteiger partial charge in [-0.25, -0.2) is 8.78 Å². The molecule has 0 heterocycles. The smallest absolute Gasteiger partial charge is 0.272 e. The molecule has 0 fully saturated rings. The van der Waals surface area contributed by atoms with Gasteiger partial charge in [-0.3, -0.25) is 0 Å². The first kappa shape index (κ1) is 10.9. The third kappa shape index (κ3) is 3.23. The molecule has 0 spiro atoms. The van der Waals surface area contributed by atoms with E-state index in [2.05, 4.69) is 31.9 Å². The molecule has 1 aromatic carbocycles. The van der Waals surface area contributed by atoms with E-state index in [1.165, 1.54) is 0 Å². The molecular formula is C8H6Br2F2O. The van der Waals surface area contributed by atoms with Crippen LogP contribution in [0.3, 0.4) is 0 Å². The molecule has 0 aliphatic heterocycles. The summed E-state index contributed by atoms with van der Waals surface area (Å²) >= 11 is 6.39. The van der Waals surface area contributed by atoms with Crippen molar-refractivity contribution in [3.05, 3.63) is 27.1 Å². The largest absolute Gasteiger partial charge is 0.485 e. The first-order valence-corrected chi connectivity index (χ1v) is 5.05. The summed E-state index contributed by atoms with van der Waals surface area (Å²) in [5, 5.41) is 0. The van der Waals surface area contributed by atoms with Gasteiger partial charge in [0.1, 0.15) is 12.4 Å². The lowest BCUT2D eigenvalue weighted by Crippen LogP contribution is -2.07. The van der Waals surface area contributed by atoms with Crippen molar-refractivity contribution >= 4 is 31.9 Å². The van der Waals surface area contributed by atoms with E-state index in [1.54, 1.807) is 18.2 Å². The number of benzene rings is 1. The standard InChI is InChI=1S/C8H6Br2F2O/c9-5-2-1-3-6(10)8(5)13-4-7(11)12/h1-3,7H,4H2. The number of alkyl halides is 2. The molecule has 0 bridgehead atoms. The maximum Gasteiger partial charge on any atom is 0.272 e. The van der Waals surface area contributed by atoms with E-state index in [0.29, 0.717) is 14.7 Å². The van der Waals surface area contributed by atoms with Crippen molar-refractivity contribution in [2.75, 3.05) is 6.61 Å². The van der Waals surface area contributed by atoms with E-state index in [1.807, 2.05) is 0 Å². The first-order chi connectivity index (χ1) is 6.11. The van der Waals surface area contributed by atoms with Crippen LogP contribution < -0.4 is 4.74 Å². The molecule has 1 aromatic rings. The second-order valence-electron chi connectivity index (χ2n) is 2.25. The quantitative estimate of drug-likeness (QED) is 0.823. The molecule has 5 heteroatoms. The summed E-state index contributed by atoms with van der Waals surface area (Å²) in [4.78, 5) is 0. The van der Waals surface area contributed by atoms with Crippen LogP contribution in [0.15, 0.2) is 27.1 Å². The van der Waals surface area contributed by atoms with Crippen LogP contribution in [0.25, 0.3) is 0 Å². The highest BCUT2D eigenvalue weighted by atomic mass is 79.9. The predicted molar refractivity (Wildman–Crippen MR) is 53.3 cm³/mol. The van der Waals surface area contributed by atoms with Crippen molar-refractivity contribution in [2.24, 2.45) is 0 Å². The zero-order chi connectivity index (χ0) is 9.84. The highest BCUT2D eigenvalue weighted by molar-refractivity contribution is 9.11. The molecule has 1 nitrogen and oxygen atoms in total. The van der Waals surface area contributed by atoms with Gasteiger partial charge in [-0.15, -0.1) is 0 Å². The van der Waals surface area contributed by atoms with Gasteiger partial charge in [-0.1, -0.05) is 6.07 Å². The van der Waals surface area contributed by atoms with Crippen molar-refractivity contribution in [1.29, 1.82) is 0 Å². The Morgan fingerprint density at radius 2 is 1.77 bits per heavy atom. The Bertz CT molecular complexity index is 271. The molecule has 0 unspecified atom stereocenters. The molecule has 0 atom stereocenters. The van der Waals surface area contributed by atoms with Gasteiger partial charge >= 0.3 is 0 Å². The van der Waals surface area contributed by atoms with Gasteiger partial charge in [0.25, 0.3) is 6.43 Å². The Hall–Kier alpha value is -0.160. The minimum Gasteiger partial charge on any atom is -0.485 e. The van der Waals surface area contributed by atoms with Crippen LogP contribution in [0, 0.1) is 0 Å². The van der Waals surface area contributed by atoms with Crippen LogP contribution in [-0.2, 0) is 0 Å². The Morgan fingerprint density at radius 3 is 2.23 bits per heavy atom. The van der Waals surface area contributed by atoms with E-state index in [4.69, 9.17) is 4.74 Å². The summed E-state index contributed by atoms with van der Waals surface area (Å²) in [7, 11) is 0. The van der Waals surface area contributed by atoms with E-state index in [9.17, 15) is 8.78 Å². The molecule has 0 aliphatic rings. The fourth-order valence-electron chi connectivity index (χ4n) is 0.767. The summed E-state index contributed by atoms with van der Waals surface area (Å²) in [5.74, 6) is 0.405. The first-order valence-electron chi connectivity index (χ1n) is 3.46. The minimum atomic E-state index is -2.46. The fourth-order valence-corrected chi connectivity index (χ4v) is 1.99. The monoisotopic (exact) mass is 314 g/mol. The second kappa shape index (κ2) is 4.91. The Balaban J connectivity index is 2.75. The van der Waals surface area contributed by atoms with Crippen LogP contribution in [-0.4, -0.2) is 13.0 Å². The minimum absolute atomic E-state index is 0.405. The topological polar surface area (TPSA) is 9.23 Å². The van der Waals surface area contributed by atoms with Crippen LogP contribution in [0.5, 0.6) is 5.75 Å². The average Bonchev–Trinajstić information content (AvgIpc) is 2.03. The molecule has 13 heavy (non-hydrogen) atoms. The highest BCUT2D eigenvalue weighted by Gasteiger charge is 2.09. The summed E-state index contributed by atoms with van der Waals surface area (Å²) < 4.78 is 29.9. The Morgan fingerprint density at radius 1 is 1.23 bits per heavy atom. The van der Waals surface area contributed by atoms with Gasteiger partial charge in [-0.05, 0) is 44.0 Å². The van der Waals surface area contributed by atoms with Crippen molar-refractivity contribution in [3.8, 4) is 5.75 Å². The summed E-state index contributed by atoms with van der Waals surface area (Å²) in [5.41, 5.74) is 0. The highest BCUT2D eigenvalue weighted by Crippen LogP contribution is 2.33. The molecule has 0 saturated heterocycles. The van der Waals surface area contributed by atoms with Crippen LogP contribution in [0.2, 0.25) is 0 Å². The van der Waals surface area contributed by atoms with Gasteiger partial charge in [-0.2, -0.15) is 0 Å². The van der Waals surface area contributed by atoms with E-state index in [0.717, 1.165) is 0 Å². The van der Waals surface area contributed by atoms with E-state index < -0.39 is 13.0 Å². The molecule has 72 valence electrons. The molecule has 0 saturated carbocycles. The number of hydrogen-bond donors (Lipinski definition) is 0. The maximum atomic E-state index is 11.8. The summed E-state index contributed by atoms with van der Waals surface area (Å²) in [6, 6.07) is 5.24. The molecule has 0 aromatic heterocycles. The predicted octanol–water partition coefficient (Wildman–Crippen LogP) is 3.86. The van der Waals surface area contributed by atoms with E-state index >= 15 is 0 Å². The molecule has 0 radical (unpaired) electrons. The number of halogens is 4. The third-order valence-corrected chi connectivity index (χ3v) is 2.52. The van der Waals surface area contributed by atoms with Gasteiger partial charge in [0.2, 0.25) is 0 Å². The zero-order valence-electron chi connectivity index (χ0n) is 6.44. The SMILES string of the molecule is FC(F)COc1c(Br)cccc1Br. The molecule has 0 N–H and O–H groups in total. The zero-order valence-corrected chi connectivity index (χ0v) is 9.61. The molecule has 0 aliphatic carbocycles. The Labute approximate surface area is 91.3 Å². The number of ether oxygens (including phenoxy) is 1. The lowest BCUT2D eigenvalue weighted by molar-refractivity contribution is 0.0811. The normalized spacial score (nSPS) is 10.5. The average molecular weight is 316 g/mol. The number of hydrogen-bond acceptors (Lipinski definition) is 1. The third-order valence-electron chi connectivity index (χ3n) is 1.27. The maximum absolute atomic E-state index is 11.8. The van der Waals surface area contributed by atoms with Crippen LogP contribution >= 0.6 is 31.9 Å². The van der Waals surface area contributed by atoms with Gasteiger partial charge < -0.3 is 4.74 Å². The fraction of sp³-hybridized carbons (Fsp3) is 0.250. The summed E-state index contributed by atoms with van der Waals surface area (Å²) in [6.07, 6.45) is -2.46. The van der Waals surface area contributed by atoms with Crippen molar-refractivity contribution in [2.45, 2.75) is 6.43 Å². The molecule has 1 rings (SSSR count). The Kier molecular flexibility index (Phi) is 4.12. The van der Waals surface area contributed by atoms with Crippen LogP contribution in [0.1, 0.15) is 0 Å². The van der Waals surface area contributed by atoms with Crippen molar-refractivity contribution in [3.63, 3.8) is 0 Å². The molecule has 0 amide bonds. The van der Waals surface area contributed by atoms with Crippen molar-refractivity contribution < 1.29 is 13.5 Å². The second-order valence-corrected chi connectivity index (χ2v) is 3.96. The lowest BCUT2D eigenvalue weighted by Gasteiger charge is -2.08. The van der Waals surface area contributed by atoms with E-state index in [-0.39, 0.29) is 0 Å². The lowest BCUT2D eigenvalue weighted by atomic mass is 10.3. The van der Waals surface area contributed by atoms with Crippen LogP contribution in [0.4, 0.5) is 8.78 Å². The summed E-state index contributed by atoms with van der Waals surface area (Å²) in [6.45, 7) is -0.596. The van der Waals surface area contributed by atoms with Gasteiger partial charge in [0.05, 0.1) is 8.95 Å².